The van der Waals surface area contributed by atoms with Crippen LogP contribution in [0.25, 0.3) is 0 Å². The molecule has 0 saturated heterocycles. The molecule has 1 heteroatoms. The summed E-state index contributed by atoms with van der Waals surface area (Å²) in [7, 11) is 0. The largest absolute Gasteiger partial charge is 0.198 e. The molecule has 0 amide bonds. The molecule has 0 saturated carbocycles. The van der Waals surface area contributed by atoms with Crippen LogP contribution in [0.3, 0.4) is 0 Å². The monoisotopic (exact) mass is 185 g/mol. The van der Waals surface area contributed by atoms with Crippen LogP contribution in [0.4, 0.5) is 0 Å². The van der Waals surface area contributed by atoms with Crippen molar-refractivity contribution in [2.75, 3.05) is 0 Å². The summed E-state index contributed by atoms with van der Waals surface area (Å²) in [6.45, 7) is 4.27. The maximum atomic E-state index is 9.07. The van der Waals surface area contributed by atoms with Crippen molar-refractivity contribution in [3.63, 3.8) is 0 Å². The highest BCUT2D eigenvalue weighted by Gasteiger charge is 2.21. The van der Waals surface area contributed by atoms with Gasteiger partial charge in [-0.15, -0.1) is 0 Å². The number of aryl methyl sites for hydroxylation is 2. The molecule has 1 aliphatic rings. The lowest BCUT2D eigenvalue weighted by Gasteiger charge is -2.22. The Hall–Kier alpha value is -1.29. The van der Waals surface area contributed by atoms with Gasteiger partial charge in [-0.1, -0.05) is 17.7 Å². The second-order valence-electron chi connectivity index (χ2n) is 4.22. The van der Waals surface area contributed by atoms with E-state index < -0.39 is 0 Å². The number of fused-ring (bicyclic) bond motifs is 1. The van der Waals surface area contributed by atoms with E-state index in [0.717, 1.165) is 19.3 Å². The van der Waals surface area contributed by atoms with Crippen LogP contribution in [0.5, 0.6) is 0 Å². The zero-order valence-electron chi connectivity index (χ0n) is 8.80. The number of rotatable bonds is 0. The standard InChI is InChI=1S/C13H15N/c1-9-6-10(2)12-5-3-4-11(8-14)13(12)7-9/h6-7,11H,3-5H2,1-2H3. The van der Waals surface area contributed by atoms with Gasteiger partial charge in [-0.25, -0.2) is 0 Å². The molecule has 14 heavy (non-hydrogen) atoms. The van der Waals surface area contributed by atoms with Crippen LogP contribution in [0.2, 0.25) is 0 Å². The first-order valence-electron chi connectivity index (χ1n) is 5.22. The fraction of sp³-hybridized carbons (Fsp3) is 0.462. The quantitative estimate of drug-likeness (QED) is 0.608. The molecular weight excluding hydrogens is 170 g/mol. The molecule has 72 valence electrons. The van der Waals surface area contributed by atoms with Crippen LogP contribution in [0.15, 0.2) is 12.1 Å². The summed E-state index contributed by atoms with van der Waals surface area (Å²) >= 11 is 0. The molecule has 1 atom stereocenters. The lowest BCUT2D eigenvalue weighted by molar-refractivity contribution is 0.633. The Bertz CT molecular complexity index is 398. The molecule has 1 aliphatic carbocycles. The Kier molecular flexibility index (Phi) is 2.29. The lowest BCUT2D eigenvalue weighted by Crippen LogP contribution is -2.10. The van der Waals surface area contributed by atoms with Gasteiger partial charge in [0.1, 0.15) is 0 Å². The van der Waals surface area contributed by atoms with Gasteiger partial charge < -0.3 is 0 Å². The molecule has 0 spiro atoms. The van der Waals surface area contributed by atoms with E-state index in [1.54, 1.807) is 0 Å². The van der Waals surface area contributed by atoms with Gasteiger partial charge in [0.15, 0.2) is 0 Å². The summed E-state index contributed by atoms with van der Waals surface area (Å²) in [4.78, 5) is 0. The molecule has 0 aliphatic heterocycles. The third kappa shape index (κ3) is 1.42. The van der Waals surface area contributed by atoms with Crippen molar-refractivity contribution in [2.45, 2.75) is 39.0 Å². The molecule has 1 aromatic carbocycles. The normalized spacial score (nSPS) is 19.9. The van der Waals surface area contributed by atoms with E-state index in [-0.39, 0.29) is 5.92 Å². The number of nitriles is 1. The molecule has 0 aromatic heterocycles. The molecule has 1 unspecified atom stereocenters. The molecule has 2 rings (SSSR count). The molecule has 1 aromatic rings. The molecule has 0 N–H and O–H groups in total. The summed E-state index contributed by atoms with van der Waals surface area (Å²) in [6, 6.07) is 6.83. The van der Waals surface area contributed by atoms with Gasteiger partial charge >= 0.3 is 0 Å². The van der Waals surface area contributed by atoms with E-state index in [1.807, 2.05) is 0 Å². The van der Waals surface area contributed by atoms with Crippen LogP contribution in [0.1, 0.15) is 41.0 Å². The molecule has 0 fully saturated rings. The number of hydrogen-bond acceptors (Lipinski definition) is 1. The van der Waals surface area contributed by atoms with Crippen LogP contribution in [-0.2, 0) is 6.42 Å². The minimum absolute atomic E-state index is 0.136. The third-order valence-electron chi connectivity index (χ3n) is 3.10. The van der Waals surface area contributed by atoms with Crippen LogP contribution in [-0.4, -0.2) is 0 Å². The topological polar surface area (TPSA) is 23.8 Å². The van der Waals surface area contributed by atoms with Crippen molar-refractivity contribution >= 4 is 0 Å². The van der Waals surface area contributed by atoms with Crippen molar-refractivity contribution in [2.24, 2.45) is 0 Å². The summed E-state index contributed by atoms with van der Waals surface area (Å²) in [5.41, 5.74) is 5.35. The second kappa shape index (κ2) is 3.46. The Morgan fingerprint density at radius 3 is 2.86 bits per heavy atom. The van der Waals surface area contributed by atoms with Crippen molar-refractivity contribution in [1.29, 1.82) is 5.26 Å². The number of benzene rings is 1. The maximum absolute atomic E-state index is 9.07. The highest BCUT2D eigenvalue weighted by atomic mass is 14.3. The average Bonchev–Trinajstić information content (AvgIpc) is 2.17. The SMILES string of the molecule is Cc1cc(C)c2c(c1)C(C#N)CCC2. The van der Waals surface area contributed by atoms with E-state index in [9.17, 15) is 0 Å². The fourth-order valence-electron chi connectivity index (χ4n) is 2.46. The van der Waals surface area contributed by atoms with Crippen LogP contribution >= 0.6 is 0 Å². The van der Waals surface area contributed by atoms with Crippen molar-refractivity contribution in [1.82, 2.24) is 0 Å². The molecule has 0 radical (unpaired) electrons. The predicted octanol–water partition coefficient (Wildman–Crippen LogP) is 3.25. The van der Waals surface area contributed by atoms with Crippen molar-refractivity contribution < 1.29 is 0 Å². The van der Waals surface area contributed by atoms with Crippen LogP contribution in [0, 0.1) is 25.2 Å². The second-order valence-corrected chi connectivity index (χ2v) is 4.22. The Balaban J connectivity index is 2.58. The highest BCUT2D eigenvalue weighted by molar-refractivity contribution is 5.43. The summed E-state index contributed by atoms with van der Waals surface area (Å²) in [5.74, 6) is 0.136. The van der Waals surface area contributed by atoms with Crippen molar-refractivity contribution in [3.8, 4) is 6.07 Å². The van der Waals surface area contributed by atoms with Gasteiger partial charge in [0, 0.05) is 0 Å². The molecule has 0 bridgehead atoms. The molecular formula is C13H15N. The van der Waals surface area contributed by atoms with E-state index in [0.29, 0.717) is 0 Å². The smallest absolute Gasteiger partial charge is 0.0715 e. The third-order valence-corrected chi connectivity index (χ3v) is 3.10. The van der Waals surface area contributed by atoms with E-state index >= 15 is 0 Å². The lowest BCUT2D eigenvalue weighted by atomic mass is 9.81. The molecule has 1 nitrogen and oxygen atoms in total. The first-order valence-corrected chi connectivity index (χ1v) is 5.22. The van der Waals surface area contributed by atoms with Gasteiger partial charge in [-0.05, 0) is 49.8 Å². The first kappa shape index (κ1) is 9.27. The minimum atomic E-state index is 0.136. The van der Waals surface area contributed by atoms with Gasteiger partial charge in [0.2, 0.25) is 0 Å². The Morgan fingerprint density at radius 1 is 1.36 bits per heavy atom. The van der Waals surface area contributed by atoms with Gasteiger partial charge in [-0.3, -0.25) is 0 Å². The fourth-order valence-corrected chi connectivity index (χ4v) is 2.46. The van der Waals surface area contributed by atoms with Gasteiger partial charge in [0.05, 0.1) is 12.0 Å². The van der Waals surface area contributed by atoms with E-state index in [1.165, 1.54) is 22.3 Å². The maximum Gasteiger partial charge on any atom is 0.0715 e. The number of hydrogen-bond donors (Lipinski definition) is 0. The summed E-state index contributed by atoms with van der Waals surface area (Å²) in [6.07, 6.45) is 3.35. The minimum Gasteiger partial charge on any atom is -0.198 e. The van der Waals surface area contributed by atoms with Gasteiger partial charge in [0.25, 0.3) is 0 Å². The van der Waals surface area contributed by atoms with E-state index in [2.05, 4.69) is 32.0 Å². The molecule has 0 heterocycles. The first-order chi connectivity index (χ1) is 6.72. The Morgan fingerprint density at radius 2 is 2.14 bits per heavy atom. The number of nitrogens with zero attached hydrogens (tertiary/aromatic N) is 1. The Labute approximate surface area is 85.4 Å². The van der Waals surface area contributed by atoms with Crippen molar-refractivity contribution in [3.05, 3.63) is 34.4 Å². The summed E-state index contributed by atoms with van der Waals surface area (Å²) < 4.78 is 0. The van der Waals surface area contributed by atoms with Gasteiger partial charge in [-0.2, -0.15) is 5.26 Å². The van der Waals surface area contributed by atoms with E-state index in [4.69, 9.17) is 5.26 Å². The predicted molar refractivity (Wildman–Crippen MR) is 57.2 cm³/mol. The summed E-state index contributed by atoms with van der Waals surface area (Å²) in [5, 5.41) is 9.07. The zero-order chi connectivity index (χ0) is 10.1. The zero-order valence-corrected chi connectivity index (χ0v) is 8.80. The average molecular weight is 185 g/mol. The highest BCUT2D eigenvalue weighted by Crippen LogP contribution is 2.33. The van der Waals surface area contributed by atoms with Crippen LogP contribution < -0.4 is 0 Å².